The van der Waals surface area contributed by atoms with Crippen molar-refractivity contribution in [2.24, 2.45) is 11.8 Å². The Hall–Kier alpha value is -2.63. The Morgan fingerprint density at radius 1 is 1.26 bits per heavy atom. The van der Waals surface area contributed by atoms with Gasteiger partial charge in [-0.15, -0.1) is 0 Å². The van der Waals surface area contributed by atoms with Crippen molar-refractivity contribution in [3.63, 3.8) is 0 Å². The summed E-state index contributed by atoms with van der Waals surface area (Å²) >= 11 is 0. The number of carboxylic acid groups (broad SMARTS) is 1. The van der Waals surface area contributed by atoms with Gasteiger partial charge >= 0.3 is 5.97 Å². The van der Waals surface area contributed by atoms with E-state index in [1.807, 2.05) is 36.0 Å². The lowest BCUT2D eigenvalue weighted by atomic mass is 9.99. The van der Waals surface area contributed by atoms with Crippen molar-refractivity contribution in [2.75, 3.05) is 13.1 Å². The minimum Gasteiger partial charge on any atom is -0.481 e. The summed E-state index contributed by atoms with van der Waals surface area (Å²) < 4.78 is 1.82. The largest absolute Gasteiger partial charge is 0.481 e. The van der Waals surface area contributed by atoms with Crippen LogP contribution in [0.15, 0.2) is 42.7 Å². The third-order valence-electron chi connectivity index (χ3n) is 4.32. The molecule has 1 aromatic heterocycles. The minimum atomic E-state index is -0.831. The Morgan fingerprint density at radius 2 is 2.00 bits per heavy atom. The number of carbonyl (C=O) groups is 2. The number of hydrogen-bond acceptors (Lipinski definition) is 3. The van der Waals surface area contributed by atoms with Gasteiger partial charge in [-0.3, -0.25) is 14.3 Å². The Bertz CT molecular complexity index is 694. The molecule has 2 aromatic rings. The summed E-state index contributed by atoms with van der Waals surface area (Å²) in [7, 11) is 0. The molecule has 0 unspecified atom stereocenters. The van der Waals surface area contributed by atoms with Gasteiger partial charge < -0.3 is 10.0 Å². The molecule has 120 valence electrons. The summed E-state index contributed by atoms with van der Waals surface area (Å²) in [5, 5.41) is 13.3. The number of amides is 1. The molecule has 6 nitrogen and oxygen atoms in total. The molecule has 1 fully saturated rings. The first-order valence-electron chi connectivity index (χ1n) is 7.63. The fourth-order valence-corrected chi connectivity index (χ4v) is 2.97. The third kappa shape index (κ3) is 3.26. The second kappa shape index (κ2) is 6.24. The number of carboxylic acids is 1. The van der Waals surface area contributed by atoms with E-state index in [0.29, 0.717) is 18.7 Å². The fourth-order valence-electron chi connectivity index (χ4n) is 2.97. The maximum Gasteiger partial charge on any atom is 0.308 e. The standard InChI is InChI=1S/C17H19N3O3/c1-12-9-19(11-15(12)17(22)23)16(21)14-5-3-13(4-6-14)10-20-8-2-7-18-20/h2-8,12,15H,9-11H2,1H3,(H,22,23)/t12-,15-/m1/s1. The van der Waals surface area contributed by atoms with Crippen LogP contribution in [0.1, 0.15) is 22.8 Å². The van der Waals surface area contributed by atoms with E-state index < -0.39 is 11.9 Å². The Morgan fingerprint density at radius 3 is 2.57 bits per heavy atom. The molecular formula is C17H19N3O3. The Balaban J connectivity index is 1.67. The zero-order chi connectivity index (χ0) is 16.4. The van der Waals surface area contributed by atoms with Gasteiger partial charge in [-0.2, -0.15) is 5.10 Å². The van der Waals surface area contributed by atoms with Gasteiger partial charge in [-0.25, -0.2) is 0 Å². The lowest BCUT2D eigenvalue weighted by molar-refractivity contribution is -0.142. The van der Waals surface area contributed by atoms with Crippen LogP contribution >= 0.6 is 0 Å². The molecule has 2 atom stereocenters. The van der Waals surface area contributed by atoms with Crippen molar-refractivity contribution >= 4 is 11.9 Å². The molecule has 0 bridgehead atoms. The first-order valence-corrected chi connectivity index (χ1v) is 7.63. The van der Waals surface area contributed by atoms with Crippen molar-refractivity contribution in [2.45, 2.75) is 13.5 Å². The Kier molecular flexibility index (Phi) is 4.14. The van der Waals surface area contributed by atoms with E-state index in [1.165, 1.54) is 0 Å². The van der Waals surface area contributed by atoms with Crippen LogP contribution < -0.4 is 0 Å². The second-order valence-electron chi connectivity index (χ2n) is 6.03. The average molecular weight is 313 g/mol. The van der Waals surface area contributed by atoms with E-state index in [4.69, 9.17) is 5.11 Å². The molecule has 1 N–H and O–H groups in total. The predicted molar refractivity (Wildman–Crippen MR) is 84.0 cm³/mol. The van der Waals surface area contributed by atoms with Crippen molar-refractivity contribution in [3.8, 4) is 0 Å². The molecule has 3 rings (SSSR count). The highest BCUT2D eigenvalue weighted by molar-refractivity contribution is 5.94. The van der Waals surface area contributed by atoms with Crippen LogP contribution in [0.5, 0.6) is 0 Å². The zero-order valence-corrected chi connectivity index (χ0v) is 12.9. The predicted octanol–water partition coefficient (Wildman–Crippen LogP) is 1.72. The maximum atomic E-state index is 12.5. The molecule has 1 aromatic carbocycles. The van der Waals surface area contributed by atoms with Crippen molar-refractivity contribution in [3.05, 3.63) is 53.9 Å². The number of carbonyl (C=O) groups excluding carboxylic acids is 1. The van der Waals surface area contributed by atoms with Crippen molar-refractivity contribution < 1.29 is 14.7 Å². The lowest BCUT2D eigenvalue weighted by Gasteiger charge is -2.16. The molecule has 1 amide bonds. The highest BCUT2D eigenvalue weighted by atomic mass is 16.4. The molecule has 1 saturated heterocycles. The highest BCUT2D eigenvalue weighted by Crippen LogP contribution is 2.24. The second-order valence-corrected chi connectivity index (χ2v) is 6.03. The summed E-state index contributed by atoms with van der Waals surface area (Å²) in [5.74, 6) is -1.43. The van der Waals surface area contributed by atoms with E-state index in [0.717, 1.165) is 5.56 Å². The van der Waals surface area contributed by atoms with Crippen LogP contribution in [0.25, 0.3) is 0 Å². The van der Waals surface area contributed by atoms with Gasteiger partial charge in [0.15, 0.2) is 0 Å². The van der Waals surface area contributed by atoms with Crippen LogP contribution in [-0.2, 0) is 11.3 Å². The van der Waals surface area contributed by atoms with E-state index in [-0.39, 0.29) is 18.4 Å². The normalized spacial score (nSPS) is 20.7. The molecule has 0 saturated carbocycles. The summed E-state index contributed by atoms with van der Waals surface area (Å²) in [6, 6.07) is 9.26. The van der Waals surface area contributed by atoms with Gasteiger partial charge in [0.05, 0.1) is 12.5 Å². The highest BCUT2D eigenvalue weighted by Gasteiger charge is 2.37. The molecule has 0 radical (unpaired) electrons. The smallest absolute Gasteiger partial charge is 0.308 e. The SMILES string of the molecule is C[C@@H]1CN(C(=O)c2ccc(Cn3cccn3)cc2)C[C@H]1C(=O)O. The number of likely N-dealkylation sites (tertiary alicyclic amines) is 1. The number of nitrogens with zero attached hydrogens (tertiary/aromatic N) is 3. The monoisotopic (exact) mass is 313 g/mol. The topological polar surface area (TPSA) is 75.4 Å². The number of aliphatic carboxylic acids is 1. The van der Waals surface area contributed by atoms with E-state index in [2.05, 4.69) is 5.10 Å². The molecule has 23 heavy (non-hydrogen) atoms. The van der Waals surface area contributed by atoms with Crippen LogP contribution in [0.4, 0.5) is 0 Å². The number of hydrogen-bond donors (Lipinski definition) is 1. The molecule has 1 aliphatic heterocycles. The van der Waals surface area contributed by atoms with Gasteiger partial charge in [0.2, 0.25) is 0 Å². The summed E-state index contributed by atoms with van der Waals surface area (Å²) in [4.78, 5) is 25.3. The van der Waals surface area contributed by atoms with Gasteiger partial charge in [0.25, 0.3) is 5.91 Å². The average Bonchev–Trinajstić information content (AvgIpc) is 3.17. The molecule has 2 heterocycles. The molecule has 0 spiro atoms. The molecule has 6 heteroatoms. The molecule has 0 aliphatic carbocycles. The molecule has 1 aliphatic rings. The third-order valence-corrected chi connectivity index (χ3v) is 4.32. The summed E-state index contributed by atoms with van der Waals surface area (Å²) in [6.45, 7) is 3.30. The van der Waals surface area contributed by atoms with Crippen molar-refractivity contribution in [1.29, 1.82) is 0 Å². The first-order chi connectivity index (χ1) is 11.0. The minimum absolute atomic E-state index is 0.0180. The number of aromatic nitrogens is 2. The van der Waals surface area contributed by atoms with Crippen molar-refractivity contribution in [1.82, 2.24) is 14.7 Å². The number of benzene rings is 1. The van der Waals surface area contributed by atoms with Crippen LogP contribution in [0, 0.1) is 11.8 Å². The summed E-state index contributed by atoms with van der Waals surface area (Å²) in [5.41, 5.74) is 1.65. The van der Waals surface area contributed by atoms with Gasteiger partial charge in [-0.1, -0.05) is 19.1 Å². The van der Waals surface area contributed by atoms with Crippen LogP contribution in [-0.4, -0.2) is 44.8 Å². The Labute approximate surface area is 134 Å². The lowest BCUT2D eigenvalue weighted by Crippen LogP contribution is -2.29. The quantitative estimate of drug-likeness (QED) is 0.932. The summed E-state index contributed by atoms with van der Waals surface area (Å²) in [6.07, 6.45) is 3.61. The van der Waals surface area contributed by atoms with Crippen LogP contribution in [0.2, 0.25) is 0 Å². The first kappa shape index (κ1) is 15.3. The zero-order valence-electron chi connectivity index (χ0n) is 12.9. The number of rotatable bonds is 4. The maximum absolute atomic E-state index is 12.5. The fraction of sp³-hybridized carbons (Fsp3) is 0.353. The molecular weight excluding hydrogens is 294 g/mol. The van der Waals surface area contributed by atoms with Crippen LogP contribution in [0.3, 0.4) is 0 Å². The van der Waals surface area contributed by atoms with E-state index >= 15 is 0 Å². The van der Waals surface area contributed by atoms with Gasteiger partial charge in [0.1, 0.15) is 0 Å². The van der Waals surface area contributed by atoms with Gasteiger partial charge in [-0.05, 0) is 29.7 Å². The van der Waals surface area contributed by atoms with E-state index in [9.17, 15) is 9.59 Å². The van der Waals surface area contributed by atoms with Gasteiger partial charge in [0, 0.05) is 31.0 Å². The van der Waals surface area contributed by atoms with E-state index in [1.54, 1.807) is 23.2 Å².